The first-order chi connectivity index (χ1) is 7.65. The van der Waals surface area contributed by atoms with Crippen LogP contribution in [-0.4, -0.2) is 50.0 Å². The molecule has 0 bridgehead atoms. The fourth-order valence-electron chi connectivity index (χ4n) is 1.47. The Morgan fingerprint density at radius 2 is 2.25 bits per heavy atom. The van der Waals surface area contributed by atoms with Crippen LogP contribution in [0.15, 0.2) is 0 Å². The number of carbonyl (C=O) groups is 1. The van der Waals surface area contributed by atoms with Gasteiger partial charge in [0.1, 0.15) is 0 Å². The van der Waals surface area contributed by atoms with Crippen molar-refractivity contribution in [1.82, 2.24) is 10.6 Å². The number of amides is 1. The van der Waals surface area contributed by atoms with Gasteiger partial charge in [0.2, 0.25) is 5.91 Å². The van der Waals surface area contributed by atoms with Crippen LogP contribution in [0.2, 0.25) is 0 Å². The highest BCUT2D eigenvalue weighted by atomic mass is 16.5. The third kappa shape index (κ3) is 4.92. The zero-order valence-electron chi connectivity index (χ0n) is 10.0. The normalized spacial score (nSPS) is 19.2. The Balaban J connectivity index is 2.07. The lowest BCUT2D eigenvalue weighted by Crippen LogP contribution is -2.45. The van der Waals surface area contributed by atoms with Crippen molar-refractivity contribution in [3.63, 3.8) is 0 Å². The molecule has 0 radical (unpaired) electrons. The molecule has 2 unspecified atom stereocenters. The zero-order valence-corrected chi connectivity index (χ0v) is 10.0. The van der Waals surface area contributed by atoms with Crippen LogP contribution in [0.3, 0.4) is 0 Å². The lowest BCUT2D eigenvalue weighted by molar-refractivity contribution is -0.123. The van der Waals surface area contributed by atoms with Crippen LogP contribution in [0, 0.1) is 5.92 Å². The van der Waals surface area contributed by atoms with Gasteiger partial charge in [-0.15, -0.1) is 0 Å². The summed E-state index contributed by atoms with van der Waals surface area (Å²) in [5, 5.41) is 15.4. The minimum atomic E-state index is -0.311. The summed E-state index contributed by atoms with van der Waals surface area (Å²) >= 11 is 0. The summed E-state index contributed by atoms with van der Waals surface area (Å²) in [5.74, 6) is 0.385. The number of ether oxygens (including phenoxy) is 1. The Morgan fingerprint density at radius 3 is 2.81 bits per heavy atom. The van der Waals surface area contributed by atoms with Gasteiger partial charge in [-0.1, -0.05) is 0 Å². The average molecular weight is 230 g/mol. The van der Waals surface area contributed by atoms with E-state index in [1.807, 2.05) is 0 Å². The number of hydrogen-bond donors (Lipinski definition) is 3. The molecule has 0 aromatic rings. The minimum absolute atomic E-state index is 0.0555. The van der Waals surface area contributed by atoms with E-state index in [-0.39, 0.29) is 18.1 Å². The first-order valence-electron chi connectivity index (χ1n) is 5.83. The first kappa shape index (κ1) is 13.4. The second-order valence-corrected chi connectivity index (χ2v) is 4.32. The first-order valence-corrected chi connectivity index (χ1v) is 5.83. The molecule has 1 aliphatic carbocycles. The van der Waals surface area contributed by atoms with Crippen molar-refractivity contribution in [2.75, 3.05) is 26.8 Å². The van der Waals surface area contributed by atoms with Crippen LogP contribution in [0.1, 0.15) is 19.8 Å². The van der Waals surface area contributed by atoms with Crippen molar-refractivity contribution in [2.45, 2.75) is 31.9 Å². The van der Waals surface area contributed by atoms with E-state index >= 15 is 0 Å². The molecular formula is C11H22N2O3. The van der Waals surface area contributed by atoms with Gasteiger partial charge in [0.25, 0.3) is 0 Å². The topological polar surface area (TPSA) is 70.6 Å². The van der Waals surface area contributed by atoms with Crippen LogP contribution < -0.4 is 10.6 Å². The van der Waals surface area contributed by atoms with Crippen LogP contribution >= 0.6 is 0 Å². The van der Waals surface area contributed by atoms with Gasteiger partial charge >= 0.3 is 0 Å². The molecule has 1 aliphatic rings. The van der Waals surface area contributed by atoms with Crippen LogP contribution in [-0.2, 0) is 9.53 Å². The molecule has 5 heteroatoms. The summed E-state index contributed by atoms with van der Waals surface area (Å²) in [6, 6.07) is -0.273. The van der Waals surface area contributed by atoms with E-state index in [2.05, 4.69) is 10.6 Å². The molecule has 16 heavy (non-hydrogen) atoms. The van der Waals surface area contributed by atoms with E-state index < -0.39 is 0 Å². The van der Waals surface area contributed by atoms with Crippen molar-refractivity contribution in [3.05, 3.63) is 0 Å². The van der Waals surface area contributed by atoms with E-state index in [0.29, 0.717) is 25.6 Å². The van der Waals surface area contributed by atoms with E-state index in [1.54, 1.807) is 14.0 Å². The van der Waals surface area contributed by atoms with Gasteiger partial charge in [-0.05, 0) is 25.7 Å². The Hall–Kier alpha value is -0.650. The molecule has 0 aromatic carbocycles. The van der Waals surface area contributed by atoms with Gasteiger partial charge in [0, 0.05) is 20.2 Å². The molecule has 94 valence electrons. The number of carbonyl (C=O) groups excluding carboxylic acids is 1. The molecule has 0 spiro atoms. The molecule has 3 N–H and O–H groups in total. The van der Waals surface area contributed by atoms with Crippen molar-refractivity contribution in [1.29, 1.82) is 0 Å². The van der Waals surface area contributed by atoms with E-state index in [1.165, 1.54) is 0 Å². The lowest BCUT2D eigenvalue weighted by atomic mass is 10.2. The maximum atomic E-state index is 11.5. The van der Waals surface area contributed by atoms with Crippen LogP contribution in [0.4, 0.5) is 0 Å². The minimum Gasteiger partial charge on any atom is -0.392 e. The number of aliphatic hydroxyl groups excluding tert-OH is 1. The molecule has 1 amide bonds. The predicted molar refractivity (Wildman–Crippen MR) is 61.1 cm³/mol. The number of hydrogen-bond acceptors (Lipinski definition) is 4. The maximum Gasteiger partial charge on any atom is 0.236 e. The van der Waals surface area contributed by atoms with E-state index in [0.717, 1.165) is 12.8 Å². The summed E-state index contributed by atoms with van der Waals surface area (Å²) in [5.41, 5.74) is 0. The molecule has 5 nitrogen and oxygen atoms in total. The number of rotatable bonds is 8. The predicted octanol–water partition coefficient (Wildman–Crippen LogP) is -0.502. The molecule has 0 saturated heterocycles. The molecule has 0 aliphatic heterocycles. The van der Waals surface area contributed by atoms with Crippen LogP contribution in [0.25, 0.3) is 0 Å². The second kappa shape index (κ2) is 6.83. The maximum absolute atomic E-state index is 11.5. The standard InChI is InChI=1S/C11H22N2O3/c1-8(11(15)12-5-6-16-2)13-7-10(14)9-3-4-9/h8-10,13-14H,3-7H2,1-2H3,(H,12,15). The Bertz CT molecular complexity index is 219. The Morgan fingerprint density at radius 1 is 1.56 bits per heavy atom. The van der Waals surface area contributed by atoms with Gasteiger partial charge in [0.15, 0.2) is 0 Å². The summed E-state index contributed by atoms with van der Waals surface area (Å²) in [6.07, 6.45) is 1.91. The highest BCUT2D eigenvalue weighted by Crippen LogP contribution is 2.32. The molecule has 2 atom stereocenters. The zero-order chi connectivity index (χ0) is 12.0. The van der Waals surface area contributed by atoms with Gasteiger partial charge < -0.3 is 20.5 Å². The summed E-state index contributed by atoms with van der Waals surface area (Å²) in [6.45, 7) is 3.32. The van der Waals surface area contributed by atoms with Gasteiger partial charge in [0.05, 0.1) is 18.8 Å². The number of methoxy groups -OCH3 is 1. The van der Waals surface area contributed by atoms with E-state index in [4.69, 9.17) is 4.74 Å². The number of aliphatic hydroxyl groups is 1. The molecule has 1 fully saturated rings. The Kier molecular flexibility index (Phi) is 5.73. The highest BCUT2D eigenvalue weighted by molar-refractivity contribution is 5.81. The van der Waals surface area contributed by atoms with Crippen molar-refractivity contribution in [3.8, 4) is 0 Å². The molecule has 1 saturated carbocycles. The molecular weight excluding hydrogens is 208 g/mol. The van der Waals surface area contributed by atoms with Gasteiger partial charge in [-0.25, -0.2) is 0 Å². The molecule has 0 heterocycles. The largest absolute Gasteiger partial charge is 0.392 e. The lowest BCUT2D eigenvalue weighted by Gasteiger charge is -2.16. The number of nitrogens with one attached hydrogen (secondary N) is 2. The molecule has 0 aromatic heterocycles. The third-order valence-electron chi connectivity index (χ3n) is 2.80. The Labute approximate surface area is 96.6 Å². The third-order valence-corrected chi connectivity index (χ3v) is 2.80. The average Bonchev–Trinajstić information content (AvgIpc) is 3.09. The van der Waals surface area contributed by atoms with Crippen LogP contribution in [0.5, 0.6) is 0 Å². The fourth-order valence-corrected chi connectivity index (χ4v) is 1.47. The van der Waals surface area contributed by atoms with Crippen molar-refractivity contribution >= 4 is 5.91 Å². The smallest absolute Gasteiger partial charge is 0.236 e. The second-order valence-electron chi connectivity index (χ2n) is 4.32. The summed E-state index contributed by atoms with van der Waals surface area (Å²) in [7, 11) is 1.60. The fraction of sp³-hybridized carbons (Fsp3) is 0.909. The summed E-state index contributed by atoms with van der Waals surface area (Å²) < 4.78 is 4.83. The van der Waals surface area contributed by atoms with Gasteiger partial charge in [-0.2, -0.15) is 0 Å². The van der Waals surface area contributed by atoms with Gasteiger partial charge in [-0.3, -0.25) is 4.79 Å². The quantitative estimate of drug-likeness (QED) is 0.492. The van der Waals surface area contributed by atoms with Crippen molar-refractivity contribution < 1.29 is 14.6 Å². The highest BCUT2D eigenvalue weighted by Gasteiger charge is 2.29. The SMILES string of the molecule is COCCNC(=O)C(C)NCC(O)C1CC1. The van der Waals surface area contributed by atoms with E-state index in [9.17, 15) is 9.90 Å². The van der Waals surface area contributed by atoms with Crippen molar-refractivity contribution in [2.24, 2.45) is 5.92 Å². The summed E-state index contributed by atoms with van der Waals surface area (Å²) in [4.78, 5) is 11.5. The monoisotopic (exact) mass is 230 g/mol. The molecule has 1 rings (SSSR count).